The van der Waals surface area contributed by atoms with Crippen LogP contribution >= 0.6 is 11.8 Å². The molecule has 3 aromatic rings. The summed E-state index contributed by atoms with van der Waals surface area (Å²) in [4.78, 5) is 54.7. The molecule has 0 bridgehead atoms. The lowest BCUT2D eigenvalue weighted by molar-refractivity contribution is -0.142. The van der Waals surface area contributed by atoms with Crippen LogP contribution in [0, 0.1) is 0 Å². The number of ether oxygens (including phenoxy) is 1. The Kier molecular flexibility index (Phi) is 11.2. The average Bonchev–Trinajstić information content (AvgIpc) is 3.32. The molecule has 0 spiro atoms. The highest BCUT2D eigenvalue weighted by atomic mass is 32.2. The Balaban J connectivity index is 1.80. The van der Waals surface area contributed by atoms with Crippen molar-refractivity contribution in [3.63, 3.8) is 0 Å². The van der Waals surface area contributed by atoms with Crippen molar-refractivity contribution < 1.29 is 29.0 Å². The van der Waals surface area contributed by atoms with Crippen LogP contribution in [0.3, 0.4) is 0 Å². The van der Waals surface area contributed by atoms with Gasteiger partial charge in [0, 0.05) is 29.9 Å². The number of carbonyl (C=O) groups is 4. The van der Waals surface area contributed by atoms with E-state index in [1.165, 1.54) is 11.8 Å². The third-order valence-electron chi connectivity index (χ3n) is 6.25. The lowest BCUT2D eigenvalue weighted by Crippen LogP contribution is -2.57. The lowest BCUT2D eigenvalue weighted by atomic mass is 10.0. The van der Waals surface area contributed by atoms with Crippen molar-refractivity contribution in [2.75, 3.05) is 12.0 Å². The number of H-pyrrole nitrogens is 1. The van der Waals surface area contributed by atoms with E-state index in [4.69, 9.17) is 4.74 Å². The smallest absolute Gasteiger partial charge is 0.408 e. The Labute approximate surface area is 244 Å². The van der Waals surface area contributed by atoms with Crippen molar-refractivity contribution in [2.45, 2.75) is 63.8 Å². The fourth-order valence-corrected chi connectivity index (χ4v) is 4.75. The molecule has 0 unspecified atom stereocenters. The van der Waals surface area contributed by atoms with Crippen molar-refractivity contribution in [3.05, 3.63) is 71.9 Å². The Morgan fingerprint density at radius 3 is 2.17 bits per heavy atom. The summed E-state index contributed by atoms with van der Waals surface area (Å²) < 4.78 is 5.32. The summed E-state index contributed by atoms with van der Waals surface area (Å²) in [5, 5.41) is 18.8. The van der Waals surface area contributed by atoms with Crippen molar-refractivity contribution >= 4 is 46.5 Å². The molecule has 0 radical (unpaired) electrons. The van der Waals surface area contributed by atoms with Crippen LogP contribution in [0.15, 0.2) is 60.8 Å². The van der Waals surface area contributed by atoms with Crippen LogP contribution in [-0.4, -0.2) is 69.7 Å². The number of carbonyl (C=O) groups excluding carboxylic acids is 3. The van der Waals surface area contributed by atoms with Gasteiger partial charge in [-0.1, -0.05) is 48.5 Å². The number of aliphatic carboxylic acids is 1. The second kappa shape index (κ2) is 14.6. The molecule has 3 rings (SSSR count). The van der Waals surface area contributed by atoms with Gasteiger partial charge in [-0.15, -0.1) is 0 Å². The Morgan fingerprint density at radius 1 is 0.878 bits per heavy atom. The molecule has 0 fully saturated rings. The number of alkyl carbamates (subject to hydrolysis) is 1. The zero-order valence-corrected chi connectivity index (χ0v) is 24.5. The first-order chi connectivity index (χ1) is 19.5. The zero-order valence-electron chi connectivity index (χ0n) is 23.7. The monoisotopic (exact) mass is 582 g/mol. The fraction of sp³-hybridized carbons (Fsp3) is 0.400. The largest absolute Gasteiger partial charge is 0.480 e. The quantitative estimate of drug-likeness (QED) is 0.206. The summed E-state index contributed by atoms with van der Waals surface area (Å²) in [5.74, 6) is -1.83. The molecule has 3 amide bonds. The third kappa shape index (κ3) is 9.86. The topological polar surface area (TPSA) is 150 Å². The van der Waals surface area contributed by atoms with Crippen LogP contribution in [0.4, 0.5) is 4.79 Å². The van der Waals surface area contributed by atoms with Crippen LogP contribution in [-0.2, 0) is 32.0 Å². The molecule has 10 nitrogen and oxygen atoms in total. The molecule has 2 aromatic carbocycles. The summed E-state index contributed by atoms with van der Waals surface area (Å²) in [6.07, 6.45) is 3.35. The molecule has 3 atom stereocenters. The molecule has 5 N–H and O–H groups in total. The van der Waals surface area contributed by atoms with Gasteiger partial charge in [0.15, 0.2) is 0 Å². The van der Waals surface area contributed by atoms with Crippen LogP contribution in [0.25, 0.3) is 10.9 Å². The van der Waals surface area contributed by atoms with E-state index in [0.29, 0.717) is 12.2 Å². The van der Waals surface area contributed by atoms with E-state index in [1.807, 2.05) is 60.9 Å². The number of nitrogens with one attached hydrogen (secondary N) is 4. The number of rotatable bonds is 13. The summed E-state index contributed by atoms with van der Waals surface area (Å²) in [6.45, 7) is 5.16. The molecular formula is C30H38N4O6S. The minimum absolute atomic E-state index is 0.0492. The SMILES string of the molecule is CSCC[C@H](NC(=O)OC(C)(C)C)C(=O)N[C@@H](Cc1ccccc1)C(=O)N[C@@H](Cc1c[nH]c2ccccc12)C(=O)O. The number of para-hydroxylation sites is 1. The molecule has 0 saturated carbocycles. The number of hydrogen-bond acceptors (Lipinski definition) is 6. The van der Waals surface area contributed by atoms with Crippen molar-refractivity contribution in [2.24, 2.45) is 0 Å². The summed E-state index contributed by atoms with van der Waals surface area (Å²) >= 11 is 1.51. The highest BCUT2D eigenvalue weighted by molar-refractivity contribution is 7.98. The predicted molar refractivity (Wildman–Crippen MR) is 160 cm³/mol. The van der Waals surface area contributed by atoms with Gasteiger partial charge in [0.1, 0.15) is 23.7 Å². The summed E-state index contributed by atoms with van der Waals surface area (Å²) in [6, 6.07) is 13.3. The van der Waals surface area contributed by atoms with Crippen molar-refractivity contribution in [1.29, 1.82) is 0 Å². The van der Waals surface area contributed by atoms with E-state index in [0.717, 1.165) is 22.0 Å². The number of benzene rings is 2. The zero-order chi connectivity index (χ0) is 30.0. The van der Waals surface area contributed by atoms with Gasteiger partial charge in [-0.05, 0) is 56.4 Å². The fourth-order valence-electron chi connectivity index (χ4n) is 4.28. The molecule has 0 saturated heterocycles. The van der Waals surface area contributed by atoms with E-state index < -0.39 is 47.6 Å². The van der Waals surface area contributed by atoms with Gasteiger partial charge in [-0.25, -0.2) is 9.59 Å². The van der Waals surface area contributed by atoms with Gasteiger partial charge >= 0.3 is 12.1 Å². The Hall–Kier alpha value is -3.99. The van der Waals surface area contributed by atoms with Gasteiger partial charge in [0.05, 0.1) is 0 Å². The van der Waals surface area contributed by atoms with Crippen molar-refractivity contribution in [3.8, 4) is 0 Å². The van der Waals surface area contributed by atoms with E-state index in [1.54, 1.807) is 27.0 Å². The highest BCUT2D eigenvalue weighted by Gasteiger charge is 2.31. The summed E-state index contributed by atoms with van der Waals surface area (Å²) in [5.41, 5.74) is 1.63. The van der Waals surface area contributed by atoms with Gasteiger partial charge < -0.3 is 30.8 Å². The molecule has 41 heavy (non-hydrogen) atoms. The maximum Gasteiger partial charge on any atom is 0.408 e. The van der Waals surface area contributed by atoms with E-state index in [9.17, 15) is 24.3 Å². The minimum Gasteiger partial charge on any atom is -0.480 e. The van der Waals surface area contributed by atoms with Gasteiger partial charge in [-0.3, -0.25) is 9.59 Å². The first kappa shape index (κ1) is 31.5. The summed E-state index contributed by atoms with van der Waals surface area (Å²) in [7, 11) is 0. The van der Waals surface area contributed by atoms with Gasteiger partial charge in [0.25, 0.3) is 0 Å². The van der Waals surface area contributed by atoms with Gasteiger partial charge in [-0.2, -0.15) is 11.8 Å². The second-order valence-corrected chi connectivity index (χ2v) is 11.7. The number of aromatic nitrogens is 1. The first-order valence-corrected chi connectivity index (χ1v) is 14.8. The molecule has 11 heteroatoms. The maximum absolute atomic E-state index is 13.5. The maximum atomic E-state index is 13.5. The minimum atomic E-state index is -1.23. The van der Waals surface area contributed by atoms with Crippen molar-refractivity contribution in [1.82, 2.24) is 20.9 Å². The molecule has 0 aliphatic rings. The normalized spacial score (nSPS) is 13.6. The van der Waals surface area contributed by atoms with E-state index >= 15 is 0 Å². The number of carboxylic acids is 1. The number of carboxylic acid groups (broad SMARTS) is 1. The molecule has 1 aromatic heterocycles. The highest BCUT2D eigenvalue weighted by Crippen LogP contribution is 2.19. The number of amides is 3. The number of hydrogen-bond donors (Lipinski definition) is 5. The second-order valence-electron chi connectivity index (χ2n) is 10.7. The Bertz CT molecular complexity index is 1340. The third-order valence-corrected chi connectivity index (χ3v) is 6.89. The predicted octanol–water partition coefficient (Wildman–Crippen LogP) is 3.65. The van der Waals surface area contributed by atoms with Crippen LogP contribution < -0.4 is 16.0 Å². The number of aromatic amines is 1. The van der Waals surface area contributed by atoms with Crippen LogP contribution in [0.1, 0.15) is 38.3 Å². The van der Waals surface area contributed by atoms with Crippen LogP contribution in [0.2, 0.25) is 0 Å². The van der Waals surface area contributed by atoms with E-state index in [2.05, 4.69) is 20.9 Å². The molecule has 0 aliphatic heterocycles. The molecule has 220 valence electrons. The molecule has 1 heterocycles. The van der Waals surface area contributed by atoms with Crippen LogP contribution in [0.5, 0.6) is 0 Å². The van der Waals surface area contributed by atoms with Gasteiger partial charge in [0.2, 0.25) is 11.8 Å². The first-order valence-electron chi connectivity index (χ1n) is 13.4. The molecule has 0 aliphatic carbocycles. The molecular weight excluding hydrogens is 544 g/mol. The van der Waals surface area contributed by atoms with E-state index in [-0.39, 0.29) is 12.8 Å². The lowest BCUT2D eigenvalue weighted by Gasteiger charge is -2.26. The number of fused-ring (bicyclic) bond motifs is 1. The standard InChI is InChI=1S/C30H38N4O6S/c1-30(2,3)40-29(39)34-23(14-15-41-4)26(35)32-24(16-19-10-6-5-7-11-19)27(36)33-25(28(37)38)17-20-18-31-22-13-9-8-12-21(20)22/h5-13,18,23-25,31H,14-17H2,1-4H3,(H,32,35)(H,33,36)(H,34,39)(H,37,38)/t23-,24-,25-/m0/s1. The number of thioether (sulfide) groups is 1. The Morgan fingerprint density at radius 2 is 1.51 bits per heavy atom. The average molecular weight is 583 g/mol.